The monoisotopic (exact) mass is 433 g/mol. The van der Waals surface area contributed by atoms with E-state index in [4.69, 9.17) is 4.74 Å². The summed E-state index contributed by atoms with van der Waals surface area (Å²) < 4.78 is 18.8. The van der Waals surface area contributed by atoms with Crippen molar-refractivity contribution in [2.24, 2.45) is 5.92 Å². The van der Waals surface area contributed by atoms with Crippen LogP contribution < -0.4 is 15.4 Å². The lowest BCUT2D eigenvalue weighted by molar-refractivity contribution is -0.120. The molecule has 0 atom stereocenters. The van der Waals surface area contributed by atoms with Crippen LogP contribution in [0.15, 0.2) is 66.9 Å². The maximum Gasteiger partial charge on any atom is 0.228 e. The fourth-order valence-corrected chi connectivity index (χ4v) is 4.22. The third-order valence-corrected chi connectivity index (χ3v) is 6.02. The van der Waals surface area contributed by atoms with Gasteiger partial charge in [-0.15, -0.1) is 0 Å². The van der Waals surface area contributed by atoms with Crippen LogP contribution in [0.2, 0.25) is 0 Å². The van der Waals surface area contributed by atoms with Crippen LogP contribution in [0, 0.1) is 11.7 Å². The molecule has 2 N–H and O–H groups in total. The molecular weight excluding hydrogens is 405 g/mol. The lowest BCUT2D eigenvalue weighted by Gasteiger charge is -2.28. The topological polar surface area (TPSA) is 63.2 Å². The zero-order chi connectivity index (χ0) is 22.3. The fraction of sp³-hybridized carbons (Fsp3) is 0.308. The molecule has 0 unspecified atom stereocenters. The van der Waals surface area contributed by atoms with Gasteiger partial charge in [0.2, 0.25) is 5.91 Å². The highest BCUT2D eigenvalue weighted by Gasteiger charge is 2.26. The molecule has 0 bridgehead atoms. The Kier molecular flexibility index (Phi) is 7.12. The molecule has 1 fully saturated rings. The highest BCUT2D eigenvalue weighted by atomic mass is 19.1. The Bertz CT molecular complexity index is 1050. The van der Waals surface area contributed by atoms with Gasteiger partial charge >= 0.3 is 0 Å². The van der Waals surface area contributed by atoms with Crippen LogP contribution in [0.5, 0.6) is 5.75 Å². The summed E-state index contributed by atoms with van der Waals surface area (Å²) in [5.74, 6) is 0.554. The summed E-state index contributed by atoms with van der Waals surface area (Å²) in [6, 6.07) is 18.8. The number of anilines is 1. The smallest absolute Gasteiger partial charge is 0.228 e. The number of nitrogens with zero attached hydrogens (tertiary/aromatic N) is 1. The molecule has 1 aliphatic rings. The van der Waals surface area contributed by atoms with E-state index in [0.29, 0.717) is 17.6 Å². The lowest BCUT2D eigenvalue weighted by Crippen LogP contribution is -2.36. The first-order chi connectivity index (χ1) is 15.6. The third kappa shape index (κ3) is 5.51. The Hall–Kier alpha value is -3.25. The van der Waals surface area contributed by atoms with Crippen molar-refractivity contribution in [2.45, 2.75) is 38.3 Å². The van der Waals surface area contributed by atoms with Gasteiger partial charge in [0.05, 0.1) is 7.11 Å². The minimum absolute atomic E-state index is 0.00207. The number of rotatable bonds is 7. The number of methoxy groups -OCH3 is 1. The lowest BCUT2D eigenvalue weighted by atomic mass is 9.85. The first-order valence-corrected chi connectivity index (χ1v) is 11.0. The van der Waals surface area contributed by atoms with E-state index in [1.54, 1.807) is 18.3 Å². The van der Waals surface area contributed by atoms with E-state index < -0.39 is 0 Å². The van der Waals surface area contributed by atoms with Gasteiger partial charge < -0.3 is 15.4 Å². The molecule has 4 rings (SSSR count). The Morgan fingerprint density at radius 1 is 1.06 bits per heavy atom. The average molecular weight is 434 g/mol. The second-order valence-electron chi connectivity index (χ2n) is 8.18. The molecule has 0 saturated heterocycles. The second-order valence-corrected chi connectivity index (χ2v) is 8.18. The number of halogens is 1. The molecule has 166 valence electrons. The summed E-state index contributed by atoms with van der Waals surface area (Å²) in [6.07, 6.45) is 5.29. The number of ether oxygens (including phenoxy) is 1. The molecule has 2 aromatic carbocycles. The van der Waals surface area contributed by atoms with Crippen LogP contribution in [-0.2, 0) is 11.3 Å². The van der Waals surface area contributed by atoms with E-state index in [2.05, 4.69) is 27.8 Å². The maximum absolute atomic E-state index is 13.5. The summed E-state index contributed by atoms with van der Waals surface area (Å²) in [4.78, 5) is 17.1. The average Bonchev–Trinajstić information content (AvgIpc) is 2.83. The van der Waals surface area contributed by atoms with E-state index in [1.165, 1.54) is 24.8 Å². The van der Waals surface area contributed by atoms with Gasteiger partial charge in [0.25, 0.3) is 0 Å². The Morgan fingerprint density at radius 2 is 1.84 bits per heavy atom. The number of carbonyl (C=O) groups excluding carboxylic acids is 1. The summed E-state index contributed by atoms with van der Waals surface area (Å²) in [5, 5.41) is 6.56. The zero-order valence-corrected chi connectivity index (χ0v) is 18.2. The molecule has 1 saturated carbocycles. The van der Waals surface area contributed by atoms with E-state index in [-0.39, 0.29) is 17.6 Å². The van der Waals surface area contributed by atoms with Crippen molar-refractivity contribution >= 4 is 11.7 Å². The molecule has 1 amide bonds. The molecule has 0 spiro atoms. The van der Waals surface area contributed by atoms with Crippen molar-refractivity contribution in [1.82, 2.24) is 10.3 Å². The predicted molar refractivity (Wildman–Crippen MR) is 124 cm³/mol. The van der Waals surface area contributed by atoms with Crippen molar-refractivity contribution < 1.29 is 13.9 Å². The first kappa shape index (κ1) is 22.0. The minimum Gasteiger partial charge on any atom is -0.496 e. The summed E-state index contributed by atoms with van der Waals surface area (Å²) in [7, 11) is 1.51. The molecule has 0 aliphatic heterocycles. The number of benzene rings is 2. The maximum atomic E-state index is 13.5. The molecule has 5 nitrogen and oxygen atoms in total. The van der Waals surface area contributed by atoms with Crippen LogP contribution in [-0.4, -0.2) is 24.0 Å². The zero-order valence-electron chi connectivity index (χ0n) is 18.2. The van der Waals surface area contributed by atoms with Crippen molar-refractivity contribution in [3.63, 3.8) is 0 Å². The van der Waals surface area contributed by atoms with Crippen molar-refractivity contribution in [1.29, 1.82) is 0 Å². The van der Waals surface area contributed by atoms with E-state index in [1.807, 2.05) is 24.3 Å². The van der Waals surface area contributed by atoms with Gasteiger partial charge in [-0.2, -0.15) is 0 Å². The summed E-state index contributed by atoms with van der Waals surface area (Å²) >= 11 is 0. The van der Waals surface area contributed by atoms with Gasteiger partial charge in [-0.1, -0.05) is 30.3 Å². The summed E-state index contributed by atoms with van der Waals surface area (Å²) in [6.45, 7) is 0.853. The van der Waals surface area contributed by atoms with Gasteiger partial charge in [-0.25, -0.2) is 9.37 Å². The van der Waals surface area contributed by atoms with Crippen LogP contribution in [0.25, 0.3) is 11.1 Å². The van der Waals surface area contributed by atoms with E-state index in [9.17, 15) is 9.18 Å². The molecule has 1 heterocycles. The van der Waals surface area contributed by atoms with Crippen molar-refractivity contribution in [2.75, 3.05) is 12.4 Å². The van der Waals surface area contributed by atoms with Crippen LogP contribution in [0.3, 0.4) is 0 Å². The molecule has 3 aromatic rings. The molecule has 0 radical (unpaired) electrons. The van der Waals surface area contributed by atoms with Crippen LogP contribution in [0.4, 0.5) is 10.2 Å². The molecular formula is C26H28FN3O2. The van der Waals surface area contributed by atoms with Crippen LogP contribution in [0.1, 0.15) is 31.2 Å². The Balaban J connectivity index is 1.32. The normalized spacial score (nSPS) is 18.2. The van der Waals surface area contributed by atoms with Crippen LogP contribution >= 0.6 is 0 Å². The number of carbonyl (C=O) groups is 1. The van der Waals surface area contributed by atoms with E-state index in [0.717, 1.165) is 43.4 Å². The van der Waals surface area contributed by atoms with Gasteiger partial charge in [-0.05, 0) is 61.1 Å². The number of nitrogens with one attached hydrogen (secondary N) is 2. The quantitative estimate of drug-likeness (QED) is 0.539. The minimum atomic E-state index is -0.359. The number of amides is 1. The highest BCUT2D eigenvalue weighted by molar-refractivity contribution is 5.92. The van der Waals surface area contributed by atoms with E-state index >= 15 is 0 Å². The first-order valence-electron chi connectivity index (χ1n) is 11.0. The fourth-order valence-electron chi connectivity index (χ4n) is 4.22. The molecule has 32 heavy (non-hydrogen) atoms. The largest absolute Gasteiger partial charge is 0.496 e. The van der Waals surface area contributed by atoms with Gasteiger partial charge in [0.1, 0.15) is 17.4 Å². The molecule has 6 heteroatoms. The standard InChI is InChI=1S/C26H28FN3O2/c1-32-24-16-21(27)9-12-23(24)20-13-14-28-25(15-20)30-26(31)19-7-10-22(11-8-19)29-17-18-5-3-2-4-6-18/h2-6,9,12-16,19,22,29H,7-8,10-11,17H2,1H3,(H,28,30,31)/t19-,22+. The predicted octanol–water partition coefficient (Wildman–Crippen LogP) is 5.18. The number of hydrogen-bond acceptors (Lipinski definition) is 4. The Morgan fingerprint density at radius 3 is 2.59 bits per heavy atom. The number of pyridine rings is 1. The number of hydrogen-bond donors (Lipinski definition) is 2. The number of aromatic nitrogens is 1. The summed E-state index contributed by atoms with van der Waals surface area (Å²) in [5.41, 5.74) is 2.83. The van der Waals surface area contributed by atoms with Gasteiger partial charge in [0.15, 0.2) is 0 Å². The second kappa shape index (κ2) is 10.4. The SMILES string of the molecule is COc1cc(F)ccc1-c1ccnc(NC(=O)[C@H]2CC[C@@H](NCc3ccccc3)CC2)c1. The third-order valence-electron chi connectivity index (χ3n) is 6.02. The molecule has 1 aliphatic carbocycles. The van der Waals surface area contributed by atoms with Crippen molar-refractivity contribution in [3.8, 4) is 16.9 Å². The molecule has 1 aromatic heterocycles. The Labute approximate surface area is 188 Å². The van der Waals surface area contributed by atoms with Gasteiger partial charge in [0, 0.05) is 36.3 Å². The highest BCUT2D eigenvalue weighted by Crippen LogP contribution is 2.32. The van der Waals surface area contributed by atoms with Crippen molar-refractivity contribution in [3.05, 3.63) is 78.2 Å². The van der Waals surface area contributed by atoms with Gasteiger partial charge in [-0.3, -0.25) is 4.79 Å².